The molecule has 2 N–H and O–H groups in total. The van der Waals surface area contributed by atoms with Gasteiger partial charge in [0.2, 0.25) is 0 Å². The fourth-order valence-corrected chi connectivity index (χ4v) is 3.34. The molecule has 0 atom stereocenters. The van der Waals surface area contributed by atoms with Gasteiger partial charge in [-0.25, -0.2) is 4.98 Å². The van der Waals surface area contributed by atoms with Gasteiger partial charge in [-0.3, -0.25) is 0 Å². The maximum atomic E-state index is 5.61. The van der Waals surface area contributed by atoms with Gasteiger partial charge in [-0.05, 0) is 35.3 Å². The third-order valence-corrected chi connectivity index (χ3v) is 3.86. The molecule has 0 saturated heterocycles. The zero-order chi connectivity index (χ0) is 10.7. The summed E-state index contributed by atoms with van der Waals surface area (Å²) in [6, 6.07) is 6.13. The fraction of sp³-hybridized carbons (Fsp3) is 0.111. The van der Waals surface area contributed by atoms with Gasteiger partial charge in [0.1, 0.15) is 6.33 Å². The van der Waals surface area contributed by atoms with E-state index >= 15 is 0 Å². The second kappa shape index (κ2) is 5.07. The Morgan fingerprint density at radius 3 is 2.93 bits per heavy atom. The summed E-state index contributed by atoms with van der Waals surface area (Å²) in [5, 5.41) is 0. The molecule has 0 aliphatic carbocycles. The van der Waals surface area contributed by atoms with E-state index in [9.17, 15) is 0 Å². The maximum Gasteiger partial charge on any atom is 0.174 e. The van der Waals surface area contributed by atoms with Crippen LogP contribution in [-0.2, 0) is 6.54 Å². The van der Waals surface area contributed by atoms with Gasteiger partial charge in [-0.2, -0.15) is 4.37 Å². The molecule has 2 aromatic rings. The van der Waals surface area contributed by atoms with Crippen LogP contribution in [0.5, 0.6) is 0 Å². The Hall–Kier alpha value is -0.430. The quantitative estimate of drug-likeness (QED) is 0.947. The van der Waals surface area contributed by atoms with Gasteiger partial charge in [0.25, 0.3) is 0 Å². The number of nitrogens with zero attached hydrogens (tertiary/aromatic N) is 2. The van der Waals surface area contributed by atoms with Crippen LogP contribution in [0.25, 0.3) is 0 Å². The molecule has 3 nitrogen and oxygen atoms in total. The molecule has 0 aliphatic rings. The SMILES string of the molecule is NCc1cc(Br)cc(Sc2ncns2)c1. The number of benzene rings is 1. The van der Waals surface area contributed by atoms with Crippen LogP contribution in [0.15, 0.2) is 38.2 Å². The van der Waals surface area contributed by atoms with Gasteiger partial charge >= 0.3 is 0 Å². The lowest BCUT2D eigenvalue weighted by molar-refractivity contribution is 1.06. The van der Waals surface area contributed by atoms with E-state index in [-0.39, 0.29) is 0 Å². The average molecular weight is 302 g/mol. The number of nitrogens with two attached hydrogens (primary N) is 1. The van der Waals surface area contributed by atoms with Crippen LogP contribution in [0.4, 0.5) is 0 Å². The molecule has 1 aromatic heterocycles. The Bertz CT molecular complexity index is 445. The van der Waals surface area contributed by atoms with Crippen LogP contribution >= 0.6 is 39.2 Å². The van der Waals surface area contributed by atoms with Crippen LogP contribution < -0.4 is 5.73 Å². The second-order valence-electron chi connectivity index (χ2n) is 2.81. The van der Waals surface area contributed by atoms with Crippen LogP contribution in [0, 0.1) is 0 Å². The van der Waals surface area contributed by atoms with E-state index in [1.54, 1.807) is 18.1 Å². The standard InChI is InChI=1S/C9H8BrN3S2/c10-7-1-6(4-11)2-8(3-7)14-9-12-5-13-15-9/h1-3,5H,4,11H2. The molecular formula is C9H8BrN3S2. The van der Waals surface area contributed by atoms with Gasteiger partial charge in [0, 0.05) is 15.9 Å². The molecule has 0 amide bonds. The lowest BCUT2D eigenvalue weighted by atomic mass is 10.2. The first-order valence-corrected chi connectivity index (χ1v) is 6.60. The van der Waals surface area contributed by atoms with E-state index in [4.69, 9.17) is 5.73 Å². The van der Waals surface area contributed by atoms with Gasteiger partial charge in [-0.15, -0.1) is 0 Å². The number of aromatic nitrogens is 2. The number of rotatable bonds is 3. The first kappa shape index (κ1) is 11.1. The average Bonchev–Trinajstić information content (AvgIpc) is 2.69. The largest absolute Gasteiger partial charge is 0.326 e. The van der Waals surface area contributed by atoms with Crippen molar-refractivity contribution in [2.75, 3.05) is 0 Å². The minimum atomic E-state index is 0.545. The van der Waals surface area contributed by atoms with Crippen LogP contribution in [0.3, 0.4) is 0 Å². The van der Waals surface area contributed by atoms with Crippen molar-refractivity contribution in [3.8, 4) is 0 Å². The molecule has 0 saturated carbocycles. The summed E-state index contributed by atoms with van der Waals surface area (Å²) < 4.78 is 5.94. The maximum absolute atomic E-state index is 5.61. The molecule has 78 valence electrons. The summed E-state index contributed by atoms with van der Waals surface area (Å²) in [5.41, 5.74) is 6.71. The normalized spacial score (nSPS) is 10.5. The van der Waals surface area contributed by atoms with Crippen molar-refractivity contribution in [1.29, 1.82) is 0 Å². The molecule has 15 heavy (non-hydrogen) atoms. The first-order valence-electron chi connectivity index (χ1n) is 4.22. The van der Waals surface area contributed by atoms with Crippen LogP contribution in [-0.4, -0.2) is 9.36 Å². The minimum Gasteiger partial charge on any atom is -0.326 e. The van der Waals surface area contributed by atoms with Crippen molar-refractivity contribution in [1.82, 2.24) is 9.36 Å². The molecule has 0 spiro atoms. The minimum absolute atomic E-state index is 0.545. The van der Waals surface area contributed by atoms with Gasteiger partial charge in [0.05, 0.1) is 0 Å². The summed E-state index contributed by atoms with van der Waals surface area (Å²) in [5.74, 6) is 0. The van der Waals surface area contributed by atoms with E-state index in [1.165, 1.54) is 11.5 Å². The van der Waals surface area contributed by atoms with Crippen molar-refractivity contribution < 1.29 is 0 Å². The topological polar surface area (TPSA) is 51.8 Å². The number of hydrogen-bond donors (Lipinski definition) is 1. The monoisotopic (exact) mass is 301 g/mol. The lowest BCUT2D eigenvalue weighted by Gasteiger charge is -2.02. The van der Waals surface area contributed by atoms with E-state index < -0.39 is 0 Å². The molecule has 2 rings (SSSR count). The predicted octanol–water partition coefficient (Wildman–Crippen LogP) is 2.91. The van der Waals surface area contributed by atoms with Crippen molar-refractivity contribution >= 4 is 39.2 Å². The molecule has 0 bridgehead atoms. The Labute approximate surface area is 104 Å². The van der Waals surface area contributed by atoms with E-state index in [1.807, 2.05) is 12.1 Å². The summed E-state index contributed by atoms with van der Waals surface area (Å²) in [6.45, 7) is 0.545. The van der Waals surface area contributed by atoms with Crippen LogP contribution in [0.2, 0.25) is 0 Å². The molecule has 1 aromatic carbocycles. The van der Waals surface area contributed by atoms with Gasteiger partial charge < -0.3 is 5.73 Å². The third kappa shape index (κ3) is 3.01. The Balaban J connectivity index is 2.24. The van der Waals surface area contributed by atoms with E-state index in [2.05, 4.69) is 31.4 Å². The summed E-state index contributed by atoms with van der Waals surface area (Å²) in [6.07, 6.45) is 1.56. The highest BCUT2D eigenvalue weighted by Gasteiger charge is 2.03. The summed E-state index contributed by atoms with van der Waals surface area (Å²) >= 11 is 6.45. The Morgan fingerprint density at radius 1 is 1.40 bits per heavy atom. The highest BCUT2D eigenvalue weighted by atomic mass is 79.9. The molecule has 6 heteroatoms. The first-order chi connectivity index (χ1) is 7.28. The van der Waals surface area contributed by atoms with Crippen LogP contribution in [0.1, 0.15) is 5.56 Å². The number of halogens is 1. The highest BCUT2D eigenvalue weighted by molar-refractivity contribution is 9.10. The van der Waals surface area contributed by atoms with Crippen molar-refractivity contribution in [3.63, 3.8) is 0 Å². The molecule has 0 fully saturated rings. The third-order valence-electron chi connectivity index (χ3n) is 1.71. The van der Waals surface area contributed by atoms with Crippen molar-refractivity contribution in [2.45, 2.75) is 15.8 Å². The molecular weight excluding hydrogens is 294 g/mol. The van der Waals surface area contributed by atoms with Gasteiger partial charge in [-0.1, -0.05) is 27.7 Å². The zero-order valence-corrected chi connectivity index (χ0v) is 10.9. The summed E-state index contributed by atoms with van der Waals surface area (Å²) in [7, 11) is 0. The highest BCUT2D eigenvalue weighted by Crippen LogP contribution is 2.30. The fourth-order valence-electron chi connectivity index (χ4n) is 1.11. The predicted molar refractivity (Wildman–Crippen MR) is 66.1 cm³/mol. The van der Waals surface area contributed by atoms with E-state index in [0.29, 0.717) is 6.54 Å². The molecule has 0 aliphatic heterocycles. The van der Waals surface area contributed by atoms with Gasteiger partial charge in [0.15, 0.2) is 4.34 Å². The summed E-state index contributed by atoms with van der Waals surface area (Å²) in [4.78, 5) is 5.25. The number of hydrogen-bond acceptors (Lipinski definition) is 5. The lowest BCUT2D eigenvalue weighted by Crippen LogP contribution is -1.95. The van der Waals surface area contributed by atoms with Crippen molar-refractivity contribution in [3.05, 3.63) is 34.6 Å². The molecule has 0 unspecified atom stereocenters. The second-order valence-corrected chi connectivity index (χ2v) is 5.82. The smallest absolute Gasteiger partial charge is 0.174 e. The van der Waals surface area contributed by atoms with Crippen molar-refractivity contribution in [2.24, 2.45) is 5.73 Å². The Morgan fingerprint density at radius 2 is 2.27 bits per heavy atom. The van der Waals surface area contributed by atoms with E-state index in [0.717, 1.165) is 19.3 Å². The molecule has 0 radical (unpaired) electrons. The molecule has 1 heterocycles. The zero-order valence-electron chi connectivity index (χ0n) is 7.68. The Kier molecular flexibility index (Phi) is 3.74.